The van der Waals surface area contributed by atoms with Gasteiger partial charge in [-0.2, -0.15) is 0 Å². The second-order valence-corrected chi connectivity index (χ2v) is 5.21. The highest BCUT2D eigenvalue weighted by Crippen LogP contribution is 2.18. The second kappa shape index (κ2) is 5.36. The lowest BCUT2D eigenvalue weighted by Gasteiger charge is -2.20. The Morgan fingerprint density at radius 3 is 2.59 bits per heavy atom. The predicted octanol–water partition coefficient (Wildman–Crippen LogP) is 2.81. The predicted molar refractivity (Wildman–Crippen MR) is 67.8 cm³/mol. The Labute approximate surface area is 105 Å². The van der Waals surface area contributed by atoms with Crippen molar-refractivity contribution in [3.63, 3.8) is 0 Å². The summed E-state index contributed by atoms with van der Waals surface area (Å²) in [5.41, 5.74) is -0.0319. The molecule has 0 fully saturated rings. The molecular formula is C12H16ClFN2O. The maximum atomic E-state index is 13.4. The van der Waals surface area contributed by atoms with Crippen molar-refractivity contribution in [2.45, 2.75) is 26.3 Å². The molecule has 0 heterocycles. The topological polar surface area (TPSA) is 41.1 Å². The minimum atomic E-state index is -0.471. The molecule has 0 aliphatic rings. The molecule has 0 saturated carbocycles. The van der Waals surface area contributed by atoms with Crippen molar-refractivity contribution in [3.05, 3.63) is 29.0 Å². The number of halogens is 2. The Balaban J connectivity index is 2.53. The molecule has 0 aromatic heterocycles. The maximum Gasteiger partial charge on any atom is 0.239 e. The highest BCUT2D eigenvalue weighted by molar-refractivity contribution is 6.30. The minimum absolute atomic E-state index is 0.0236. The van der Waals surface area contributed by atoms with Gasteiger partial charge in [-0.05, 0) is 39.0 Å². The number of rotatable bonds is 3. The van der Waals surface area contributed by atoms with Gasteiger partial charge < -0.3 is 10.6 Å². The Morgan fingerprint density at radius 2 is 2.06 bits per heavy atom. The number of nitrogens with one attached hydrogen (secondary N) is 2. The van der Waals surface area contributed by atoms with Crippen molar-refractivity contribution in [2.75, 3.05) is 11.9 Å². The lowest BCUT2D eigenvalue weighted by atomic mass is 10.1. The average Bonchev–Trinajstić information content (AvgIpc) is 2.13. The van der Waals surface area contributed by atoms with Crippen LogP contribution >= 0.6 is 11.6 Å². The number of carbonyl (C=O) groups is 1. The van der Waals surface area contributed by atoms with E-state index in [1.54, 1.807) is 6.07 Å². The Bertz CT molecular complexity index is 415. The Kier molecular flexibility index (Phi) is 4.34. The molecule has 1 rings (SSSR count). The Hall–Kier alpha value is -1.29. The first kappa shape index (κ1) is 13.8. The molecule has 0 aliphatic heterocycles. The van der Waals surface area contributed by atoms with E-state index < -0.39 is 5.82 Å². The van der Waals surface area contributed by atoms with E-state index in [1.165, 1.54) is 12.1 Å². The fourth-order valence-corrected chi connectivity index (χ4v) is 1.43. The quantitative estimate of drug-likeness (QED) is 0.875. The number of amides is 1. The molecule has 0 saturated heterocycles. The van der Waals surface area contributed by atoms with Crippen LogP contribution in [0.5, 0.6) is 0 Å². The van der Waals surface area contributed by atoms with E-state index in [0.717, 1.165) is 0 Å². The zero-order chi connectivity index (χ0) is 13.1. The lowest BCUT2D eigenvalue weighted by Crippen LogP contribution is -2.43. The Morgan fingerprint density at radius 1 is 1.41 bits per heavy atom. The molecule has 5 heteroatoms. The summed E-state index contributed by atoms with van der Waals surface area (Å²) >= 11 is 5.62. The van der Waals surface area contributed by atoms with E-state index in [1.807, 2.05) is 20.8 Å². The monoisotopic (exact) mass is 258 g/mol. The van der Waals surface area contributed by atoms with E-state index in [2.05, 4.69) is 10.6 Å². The van der Waals surface area contributed by atoms with Gasteiger partial charge in [0.15, 0.2) is 0 Å². The van der Waals surface area contributed by atoms with Crippen LogP contribution in [-0.2, 0) is 4.79 Å². The van der Waals surface area contributed by atoms with Gasteiger partial charge >= 0.3 is 0 Å². The van der Waals surface area contributed by atoms with Crippen LogP contribution in [0.25, 0.3) is 0 Å². The van der Waals surface area contributed by atoms with E-state index in [4.69, 9.17) is 11.6 Å². The second-order valence-electron chi connectivity index (χ2n) is 4.78. The largest absolute Gasteiger partial charge is 0.374 e. The van der Waals surface area contributed by atoms with Crippen LogP contribution in [-0.4, -0.2) is 18.0 Å². The first-order valence-electron chi connectivity index (χ1n) is 5.28. The normalized spacial score (nSPS) is 11.1. The van der Waals surface area contributed by atoms with Crippen LogP contribution in [0, 0.1) is 5.82 Å². The average molecular weight is 259 g/mol. The van der Waals surface area contributed by atoms with Gasteiger partial charge in [0.1, 0.15) is 5.82 Å². The molecule has 1 aromatic carbocycles. The van der Waals surface area contributed by atoms with Gasteiger partial charge in [-0.1, -0.05) is 11.6 Å². The third kappa shape index (κ3) is 5.04. The van der Waals surface area contributed by atoms with Crippen molar-refractivity contribution in [2.24, 2.45) is 0 Å². The fraction of sp³-hybridized carbons (Fsp3) is 0.417. The van der Waals surface area contributed by atoms with Gasteiger partial charge in [0.05, 0.1) is 12.2 Å². The summed E-state index contributed by atoms with van der Waals surface area (Å²) in [6.07, 6.45) is 0. The highest BCUT2D eigenvalue weighted by Gasteiger charge is 2.13. The minimum Gasteiger partial charge on any atom is -0.374 e. The summed E-state index contributed by atoms with van der Waals surface area (Å²) in [7, 11) is 0. The van der Waals surface area contributed by atoms with Crippen LogP contribution < -0.4 is 10.6 Å². The van der Waals surface area contributed by atoms with Crippen LogP contribution in [0.2, 0.25) is 5.02 Å². The van der Waals surface area contributed by atoms with Crippen molar-refractivity contribution in [1.29, 1.82) is 0 Å². The molecule has 0 radical (unpaired) electrons. The maximum absolute atomic E-state index is 13.4. The molecule has 0 spiro atoms. The molecule has 1 aromatic rings. The van der Waals surface area contributed by atoms with E-state index in [0.29, 0.717) is 5.02 Å². The summed E-state index contributed by atoms with van der Waals surface area (Å²) < 4.78 is 13.4. The van der Waals surface area contributed by atoms with Crippen molar-refractivity contribution < 1.29 is 9.18 Å². The number of benzene rings is 1. The molecule has 2 N–H and O–H groups in total. The van der Waals surface area contributed by atoms with Gasteiger partial charge in [-0.15, -0.1) is 0 Å². The number of anilines is 1. The van der Waals surface area contributed by atoms with Crippen LogP contribution in [0.1, 0.15) is 20.8 Å². The van der Waals surface area contributed by atoms with Gasteiger partial charge in [-0.25, -0.2) is 4.39 Å². The van der Waals surface area contributed by atoms with E-state index in [-0.39, 0.29) is 23.7 Å². The summed E-state index contributed by atoms with van der Waals surface area (Å²) in [4.78, 5) is 11.5. The molecule has 3 nitrogen and oxygen atoms in total. The van der Waals surface area contributed by atoms with Gasteiger partial charge in [0.2, 0.25) is 5.91 Å². The van der Waals surface area contributed by atoms with Crippen molar-refractivity contribution in [1.82, 2.24) is 5.32 Å². The summed E-state index contributed by atoms with van der Waals surface area (Å²) in [5, 5.41) is 5.81. The fourth-order valence-electron chi connectivity index (χ4n) is 1.27. The molecule has 0 unspecified atom stereocenters. The third-order valence-electron chi connectivity index (χ3n) is 1.88. The third-order valence-corrected chi connectivity index (χ3v) is 2.12. The number of hydrogen-bond acceptors (Lipinski definition) is 2. The summed E-state index contributed by atoms with van der Waals surface area (Å²) in [6, 6.07) is 4.27. The van der Waals surface area contributed by atoms with Crippen molar-refractivity contribution in [3.8, 4) is 0 Å². The molecule has 1 amide bonds. The SMILES string of the molecule is CC(C)(C)NC(=O)CNc1ccc(Cl)cc1F. The molecule has 0 bridgehead atoms. The standard InChI is InChI=1S/C12H16ClFN2O/c1-12(2,3)16-11(17)7-15-10-5-4-8(13)6-9(10)14/h4-6,15H,7H2,1-3H3,(H,16,17). The zero-order valence-electron chi connectivity index (χ0n) is 10.1. The molecule has 17 heavy (non-hydrogen) atoms. The number of carbonyl (C=O) groups excluding carboxylic acids is 1. The summed E-state index contributed by atoms with van der Waals surface area (Å²) in [5.74, 6) is -0.659. The number of hydrogen-bond donors (Lipinski definition) is 2. The van der Waals surface area contributed by atoms with Crippen molar-refractivity contribution >= 4 is 23.2 Å². The van der Waals surface area contributed by atoms with Gasteiger partial charge in [-0.3, -0.25) is 4.79 Å². The smallest absolute Gasteiger partial charge is 0.239 e. The van der Waals surface area contributed by atoms with E-state index in [9.17, 15) is 9.18 Å². The highest BCUT2D eigenvalue weighted by atomic mass is 35.5. The van der Waals surface area contributed by atoms with Crippen LogP contribution in [0.15, 0.2) is 18.2 Å². The van der Waals surface area contributed by atoms with Gasteiger partial charge in [0.25, 0.3) is 0 Å². The first-order valence-corrected chi connectivity index (χ1v) is 5.66. The zero-order valence-corrected chi connectivity index (χ0v) is 10.9. The van der Waals surface area contributed by atoms with Crippen LogP contribution in [0.3, 0.4) is 0 Å². The van der Waals surface area contributed by atoms with Crippen LogP contribution in [0.4, 0.5) is 10.1 Å². The van der Waals surface area contributed by atoms with E-state index >= 15 is 0 Å². The van der Waals surface area contributed by atoms with Gasteiger partial charge in [0, 0.05) is 10.6 Å². The lowest BCUT2D eigenvalue weighted by molar-refractivity contribution is -0.120. The molecule has 0 aliphatic carbocycles. The molecule has 0 atom stereocenters. The summed E-state index contributed by atoms with van der Waals surface area (Å²) in [6.45, 7) is 5.67. The molecular weight excluding hydrogens is 243 g/mol. The molecule has 94 valence electrons. The first-order chi connectivity index (χ1) is 7.78.